The van der Waals surface area contributed by atoms with Crippen molar-refractivity contribution in [2.45, 2.75) is 0 Å². The summed E-state index contributed by atoms with van der Waals surface area (Å²) in [6.45, 7) is 1.11. The second-order valence-corrected chi connectivity index (χ2v) is 4.49. The molecule has 0 fully saturated rings. The quantitative estimate of drug-likeness (QED) is 0.532. The van der Waals surface area contributed by atoms with Crippen LogP contribution in [0.25, 0.3) is 16.7 Å². The molecule has 0 spiro atoms. The molecule has 21 heavy (non-hydrogen) atoms. The smallest absolute Gasteiger partial charge is 0.168 e. The SMILES string of the molecule is NNc1ncnc2c1cnn2-c1ccc2c(c1)OCCO2. The van der Waals surface area contributed by atoms with Gasteiger partial charge in [0.2, 0.25) is 0 Å². The number of nitrogen functional groups attached to an aromatic ring is 1. The van der Waals surface area contributed by atoms with Gasteiger partial charge >= 0.3 is 0 Å². The van der Waals surface area contributed by atoms with Crippen molar-refractivity contribution in [3.8, 4) is 17.2 Å². The second kappa shape index (κ2) is 4.60. The van der Waals surface area contributed by atoms with Crippen molar-refractivity contribution < 1.29 is 9.47 Å². The second-order valence-electron chi connectivity index (χ2n) is 4.49. The molecule has 3 N–H and O–H groups in total. The van der Waals surface area contributed by atoms with Crippen LogP contribution in [-0.4, -0.2) is 33.0 Å². The minimum atomic E-state index is 0.531. The standard InChI is InChI=1S/C13H12N6O2/c14-18-12-9-6-17-19(13(9)16-7-15-12)8-1-2-10-11(5-8)21-4-3-20-10/h1-2,5-7H,3-4,14H2,(H,15,16,18). The van der Waals surface area contributed by atoms with Gasteiger partial charge in [-0.3, -0.25) is 0 Å². The van der Waals surface area contributed by atoms with Crippen molar-refractivity contribution in [1.29, 1.82) is 0 Å². The maximum absolute atomic E-state index is 5.59. The van der Waals surface area contributed by atoms with Gasteiger partial charge in [-0.15, -0.1) is 0 Å². The number of hydrazine groups is 1. The molecule has 1 aromatic carbocycles. The lowest BCUT2D eigenvalue weighted by Crippen LogP contribution is -2.15. The summed E-state index contributed by atoms with van der Waals surface area (Å²) in [5, 5.41) is 5.09. The van der Waals surface area contributed by atoms with Gasteiger partial charge in [0, 0.05) is 6.07 Å². The molecule has 8 nitrogen and oxygen atoms in total. The first-order chi connectivity index (χ1) is 10.4. The Balaban J connectivity index is 1.87. The summed E-state index contributed by atoms with van der Waals surface area (Å²) < 4.78 is 12.8. The highest BCUT2D eigenvalue weighted by Gasteiger charge is 2.15. The normalized spacial score (nSPS) is 13.4. The number of rotatable bonds is 2. The number of hydrogen-bond acceptors (Lipinski definition) is 7. The van der Waals surface area contributed by atoms with Crippen LogP contribution >= 0.6 is 0 Å². The van der Waals surface area contributed by atoms with Gasteiger partial charge in [0.05, 0.1) is 17.3 Å². The lowest BCUT2D eigenvalue weighted by molar-refractivity contribution is 0.171. The van der Waals surface area contributed by atoms with Crippen molar-refractivity contribution >= 4 is 16.9 Å². The van der Waals surface area contributed by atoms with E-state index in [1.54, 1.807) is 10.9 Å². The first kappa shape index (κ1) is 11.9. The number of anilines is 1. The molecule has 4 rings (SSSR count). The van der Waals surface area contributed by atoms with E-state index < -0.39 is 0 Å². The van der Waals surface area contributed by atoms with E-state index in [0.29, 0.717) is 30.4 Å². The maximum atomic E-state index is 5.59. The fourth-order valence-electron chi connectivity index (χ4n) is 2.31. The van der Waals surface area contributed by atoms with Crippen LogP contribution < -0.4 is 20.7 Å². The molecular weight excluding hydrogens is 272 g/mol. The van der Waals surface area contributed by atoms with E-state index in [1.807, 2.05) is 18.2 Å². The van der Waals surface area contributed by atoms with Crippen molar-refractivity contribution in [3.63, 3.8) is 0 Å². The van der Waals surface area contributed by atoms with E-state index in [-0.39, 0.29) is 0 Å². The third-order valence-corrected chi connectivity index (χ3v) is 3.27. The molecule has 3 aromatic rings. The molecule has 0 saturated heterocycles. The van der Waals surface area contributed by atoms with Gasteiger partial charge in [0.1, 0.15) is 19.5 Å². The topological polar surface area (TPSA) is 100 Å². The zero-order valence-electron chi connectivity index (χ0n) is 11.0. The first-order valence-electron chi connectivity index (χ1n) is 6.42. The average molecular weight is 284 g/mol. The zero-order chi connectivity index (χ0) is 14.2. The Morgan fingerprint density at radius 2 is 2.00 bits per heavy atom. The van der Waals surface area contributed by atoms with Gasteiger partial charge in [0.15, 0.2) is 23.0 Å². The molecule has 0 bridgehead atoms. The highest BCUT2D eigenvalue weighted by Crippen LogP contribution is 2.32. The van der Waals surface area contributed by atoms with E-state index in [2.05, 4.69) is 20.5 Å². The van der Waals surface area contributed by atoms with Gasteiger partial charge in [0.25, 0.3) is 0 Å². The predicted octanol–water partition coefficient (Wildman–Crippen LogP) is 0.872. The molecule has 1 aliphatic heterocycles. The highest BCUT2D eigenvalue weighted by atomic mass is 16.6. The summed E-state index contributed by atoms with van der Waals surface area (Å²) in [4.78, 5) is 8.32. The van der Waals surface area contributed by atoms with E-state index >= 15 is 0 Å². The van der Waals surface area contributed by atoms with E-state index in [4.69, 9.17) is 15.3 Å². The molecule has 0 amide bonds. The molecule has 0 radical (unpaired) electrons. The molecule has 106 valence electrons. The third kappa shape index (κ3) is 1.84. The van der Waals surface area contributed by atoms with Crippen molar-refractivity contribution in [3.05, 3.63) is 30.7 Å². The Morgan fingerprint density at radius 3 is 2.86 bits per heavy atom. The van der Waals surface area contributed by atoms with Gasteiger partial charge < -0.3 is 14.9 Å². The Kier molecular flexibility index (Phi) is 2.61. The fraction of sp³-hybridized carbons (Fsp3) is 0.154. The lowest BCUT2D eigenvalue weighted by Gasteiger charge is -2.18. The molecule has 0 aliphatic carbocycles. The predicted molar refractivity (Wildman–Crippen MR) is 75.5 cm³/mol. The summed E-state index contributed by atoms with van der Waals surface area (Å²) in [7, 11) is 0. The lowest BCUT2D eigenvalue weighted by atomic mass is 10.2. The fourth-order valence-corrected chi connectivity index (χ4v) is 2.31. The first-order valence-corrected chi connectivity index (χ1v) is 6.42. The largest absolute Gasteiger partial charge is 0.486 e. The van der Waals surface area contributed by atoms with Gasteiger partial charge in [-0.05, 0) is 12.1 Å². The molecule has 0 saturated carbocycles. The van der Waals surface area contributed by atoms with Crippen LogP contribution in [-0.2, 0) is 0 Å². The van der Waals surface area contributed by atoms with Crippen molar-refractivity contribution in [1.82, 2.24) is 19.7 Å². The Hall–Kier alpha value is -2.87. The van der Waals surface area contributed by atoms with E-state index in [1.165, 1.54) is 6.33 Å². The number of nitrogens with zero attached hydrogens (tertiary/aromatic N) is 4. The molecule has 0 unspecified atom stereocenters. The van der Waals surface area contributed by atoms with Crippen LogP contribution in [0.15, 0.2) is 30.7 Å². The summed E-state index contributed by atoms with van der Waals surface area (Å²) in [6, 6.07) is 5.64. The summed E-state index contributed by atoms with van der Waals surface area (Å²) in [6.07, 6.45) is 3.11. The minimum absolute atomic E-state index is 0.531. The zero-order valence-corrected chi connectivity index (χ0v) is 11.0. The van der Waals surface area contributed by atoms with Crippen LogP contribution in [0.5, 0.6) is 11.5 Å². The van der Waals surface area contributed by atoms with Gasteiger partial charge in [-0.25, -0.2) is 20.5 Å². The van der Waals surface area contributed by atoms with Crippen LogP contribution in [0.3, 0.4) is 0 Å². The number of ether oxygens (including phenoxy) is 2. The Morgan fingerprint density at radius 1 is 1.14 bits per heavy atom. The summed E-state index contributed by atoms with van der Waals surface area (Å²) >= 11 is 0. The van der Waals surface area contributed by atoms with Crippen LogP contribution in [0.4, 0.5) is 5.82 Å². The molecule has 2 aromatic heterocycles. The van der Waals surface area contributed by atoms with E-state index in [9.17, 15) is 0 Å². The Labute approximate surface area is 119 Å². The number of nitrogens with two attached hydrogens (primary N) is 1. The van der Waals surface area contributed by atoms with Gasteiger partial charge in [-0.1, -0.05) is 0 Å². The minimum Gasteiger partial charge on any atom is -0.486 e. The molecule has 0 atom stereocenters. The monoisotopic (exact) mass is 284 g/mol. The number of benzene rings is 1. The maximum Gasteiger partial charge on any atom is 0.168 e. The molecule has 1 aliphatic rings. The van der Waals surface area contributed by atoms with Gasteiger partial charge in [-0.2, -0.15) is 5.10 Å². The number of aromatic nitrogens is 4. The van der Waals surface area contributed by atoms with Crippen molar-refractivity contribution in [2.24, 2.45) is 5.84 Å². The van der Waals surface area contributed by atoms with Crippen LogP contribution in [0, 0.1) is 0 Å². The number of hydrogen-bond donors (Lipinski definition) is 2. The molecular formula is C13H12N6O2. The van der Waals surface area contributed by atoms with E-state index in [0.717, 1.165) is 16.8 Å². The number of fused-ring (bicyclic) bond motifs is 2. The third-order valence-electron chi connectivity index (χ3n) is 3.27. The van der Waals surface area contributed by atoms with Crippen LogP contribution in [0.2, 0.25) is 0 Å². The summed E-state index contributed by atoms with van der Waals surface area (Å²) in [5.41, 5.74) is 4.03. The number of nitrogens with one attached hydrogen (secondary N) is 1. The molecule has 8 heteroatoms. The van der Waals surface area contributed by atoms with Crippen LogP contribution in [0.1, 0.15) is 0 Å². The summed E-state index contributed by atoms with van der Waals surface area (Å²) in [5.74, 6) is 7.41. The Bertz CT molecular complexity index is 816. The van der Waals surface area contributed by atoms with Crippen molar-refractivity contribution in [2.75, 3.05) is 18.6 Å². The molecule has 3 heterocycles. The highest BCUT2D eigenvalue weighted by molar-refractivity contribution is 5.86. The average Bonchev–Trinajstić information content (AvgIpc) is 2.98.